The quantitative estimate of drug-likeness (QED) is 0.0758. The Balaban J connectivity index is 1.27. The first-order valence-electron chi connectivity index (χ1n) is 24.7. The second-order valence-corrected chi connectivity index (χ2v) is 17.3. The average molecular weight is 905 g/mol. The van der Waals surface area contributed by atoms with Gasteiger partial charge >= 0.3 is 0 Å². The molecule has 66 heavy (non-hydrogen) atoms. The van der Waals surface area contributed by atoms with Crippen LogP contribution >= 0.6 is 0 Å². The molecule has 0 radical (unpaired) electrons. The molecule has 3 aliphatic rings. The fourth-order valence-corrected chi connectivity index (χ4v) is 9.65. The molecule has 12 nitrogen and oxygen atoms in total. The minimum atomic E-state index is -0.590. The van der Waals surface area contributed by atoms with Crippen molar-refractivity contribution in [3.05, 3.63) is 95.6 Å². The zero-order chi connectivity index (χ0) is 46.4. The maximum atomic E-state index is 15.7. The van der Waals surface area contributed by atoms with E-state index in [2.05, 4.69) is 73.9 Å². The topological polar surface area (TPSA) is 102 Å². The van der Waals surface area contributed by atoms with Crippen molar-refractivity contribution in [2.75, 3.05) is 102 Å². The number of hydrogen-bond acceptors (Lipinski definition) is 10. The third-order valence-electron chi connectivity index (χ3n) is 12.8. The highest BCUT2D eigenvalue weighted by Crippen LogP contribution is 2.55. The molecule has 2 amide bonds. The van der Waals surface area contributed by atoms with Crippen molar-refractivity contribution in [2.45, 2.75) is 85.5 Å². The van der Waals surface area contributed by atoms with E-state index < -0.39 is 17.8 Å². The van der Waals surface area contributed by atoms with Gasteiger partial charge in [-0.15, -0.1) is 0 Å². The van der Waals surface area contributed by atoms with Crippen LogP contribution in [0.1, 0.15) is 102 Å². The van der Waals surface area contributed by atoms with Crippen molar-refractivity contribution in [3.8, 4) is 34.5 Å². The first kappa shape index (κ1) is 48.2. The monoisotopic (exact) mass is 905 g/mol. The Morgan fingerprint density at radius 1 is 0.485 bits per heavy atom. The van der Waals surface area contributed by atoms with Crippen LogP contribution in [-0.4, -0.2) is 114 Å². The molecular formula is C54H72N4O8. The number of piperazine rings is 2. The summed E-state index contributed by atoms with van der Waals surface area (Å²) >= 11 is 0. The summed E-state index contributed by atoms with van der Waals surface area (Å²) in [6.45, 7) is 20.5. The molecular weight excluding hydrogens is 833 g/mol. The molecule has 3 unspecified atom stereocenters. The SMILES string of the molecule is CCCOc1ccc(C2c3cc(OCCC)c(OCCC)cc3C(CC(=O)N3CCN(c4ccccc4OCC)CC3)C2C(=O)N2CCN(c3ccccc3OCC)CC2)cc1OCCC. The Labute approximate surface area is 393 Å². The predicted octanol–water partition coefficient (Wildman–Crippen LogP) is 9.57. The summed E-state index contributed by atoms with van der Waals surface area (Å²) < 4.78 is 37.4. The van der Waals surface area contributed by atoms with Crippen molar-refractivity contribution in [3.63, 3.8) is 0 Å². The van der Waals surface area contributed by atoms with Gasteiger partial charge in [-0.2, -0.15) is 0 Å². The van der Waals surface area contributed by atoms with E-state index in [0.717, 1.165) is 65.2 Å². The van der Waals surface area contributed by atoms with Crippen LogP contribution in [0, 0.1) is 5.92 Å². The van der Waals surface area contributed by atoms with Gasteiger partial charge in [0.05, 0.1) is 56.9 Å². The van der Waals surface area contributed by atoms with E-state index >= 15 is 4.79 Å². The second kappa shape index (κ2) is 23.6. The number of nitrogens with zero attached hydrogens (tertiary/aromatic N) is 4. The summed E-state index contributed by atoms with van der Waals surface area (Å²) in [5.41, 5.74) is 4.95. The van der Waals surface area contributed by atoms with E-state index in [1.807, 2.05) is 66.1 Å². The molecule has 12 heteroatoms. The van der Waals surface area contributed by atoms with Gasteiger partial charge in [0.1, 0.15) is 11.5 Å². The molecule has 0 bridgehead atoms. The largest absolute Gasteiger partial charge is 0.492 e. The number of benzene rings is 4. The van der Waals surface area contributed by atoms with Crippen LogP contribution in [0.25, 0.3) is 0 Å². The van der Waals surface area contributed by atoms with Gasteiger partial charge in [-0.3, -0.25) is 9.59 Å². The molecule has 356 valence electrons. The Kier molecular flexibility index (Phi) is 17.2. The molecule has 0 spiro atoms. The highest BCUT2D eigenvalue weighted by atomic mass is 16.5. The normalized spacial score (nSPS) is 18.2. The maximum absolute atomic E-state index is 15.7. The lowest BCUT2D eigenvalue weighted by atomic mass is 9.79. The van der Waals surface area contributed by atoms with Crippen molar-refractivity contribution in [1.29, 1.82) is 0 Å². The van der Waals surface area contributed by atoms with Crippen molar-refractivity contribution < 1.29 is 38.0 Å². The second-order valence-electron chi connectivity index (χ2n) is 17.3. The summed E-state index contributed by atoms with van der Waals surface area (Å²) in [6, 6.07) is 26.5. The molecule has 4 aromatic rings. The number of rotatable bonds is 22. The van der Waals surface area contributed by atoms with Crippen LogP contribution in [0.4, 0.5) is 11.4 Å². The zero-order valence-corrected chi connectivity index (χ0v) is 40.2. The van der Waals surface area contributed by atoms with Crippen molar-refractivity contribution in [1.82, 2.24) is 9.80 Å². The summed E-state index contributed by atoms with van der Waals surface area (Å²) in [7, 11) is 0. The fourth-order valence-electron chi connectivity index (χ4n) is 9.65. The van der Waals surface area contributed by atoms with Crippen LogP contribution in [0.3, 0.4) is 0 Å². The summed E-state index contributed by atoms with van der Waals surface area (Å²) in [4.78, 5) is 39.2. The number of anilines is 2. The zero-order valence-electron chi connectivity index (χ0n) is 40.2. The van der Waals surface area contributed by atoms with E-state index in [0.29, 0.717) is 115 Å². The number of hydrogen-bond donors (Lipinski definition) is 0. The predicted molar refractivity (Wildman–Crippen MR) is 262 cm³/mol. The third kappa shape index (κ3) is 11.1. The lowest BCUT2D eigenvalue weighted by molar-refractivity contribution is -0.138. The van der Waals surface area contributed by atoms with E-state index in [9.17, 15) is 4.79 Å². The standard InChI is InChI=1S/C54H72N4O8/c1-7-31-63-47-22-21-39(35-48(47)64-32-8-2)52-41-37-50(66-34-10-4)49(65-33-9-3)36-40(41)42(38-51(59)57-27-23-55(24-28-57)43-17-13-15-19-45(43)61-11-5)53(52)54(60)58-29-25-56(26-30-58)44-18-14-16-20-46(44)62-12-6/h13-22,35-37,42,52-53H,7-12,23-34,38H2,1-6H3. The highest BCUT2D eigenvalue weighted by Gasteiger charge is 2.49. The highest BCUT2D eigenvalue weighted by molar-refractivity contribution is 5.87. The molecule has 0 N–H and O–H groups in total. The Hall–Kier alpha value is -5.78. The third-order valence-corrected chi connectivity index (χ3v) is 12.8. The van der Waals surface area contributed by atoms with Crippen molar-refractivity contribution >= 4 is 23.2 Å². The Morgan fingerprint density at radius 2 is 0.939 bits per heavy atom. The number of carbonyl (C=O) groups excluding carboxylic acids is 2. The van der Waals surface area contributed by atoms with Gasteiger partial charge in [0.25, 0.3) is 0 Å². The van der Waals surface area contributed by atoms with Gasteiger partial charge in [0, 0.05) is 70.6 Å². The average Bonchev–Trinajstić information content (AvgIpc) is 3.66. The van der Waals surface area contributed by atoms with Gasteiger partial charge in [-0.1, -0.05) is 58.0 Å². The van der Waals surface area contributed by atoms with E-state index in [1.54, 1.807) is 0 Å². The fraction of sp³-hybridized carbons (Fsp3) is 0.519. The molecule has 0 saturated carbocycles. The van der Waals surface area contributed by atoms with Crippen LogP contribution in [0.2, 0.25) is 0 Å². The molecule has 1 aliphatic carbocycles. The lowest BCUT2D eigenvalue weighted by Gasteiger charge is -2.40. The van der Waals surface area contributed by atoms with Crippen LogP contribution in [0.5, 0.6) is 34.5 Å². The van der Waals surface area contributed by atoms with Gasteiger partial charge in [0.15, 0.2) is 23.0 Å². The van der Waals surface area contributed by atoms with Crippen molar-refractivity contribution in [2.24, 2.45) is 5.92 Å². The lowest BCUT2D eigenvalue weighted by Crippen LogP contribution is -2.52. The van der Waals surface area contributed by atoms with E-state index in [-0.39, 0.29) is 18.2 Å². The smallest absolute Gasteiger partial charge is 0.227 e. The maximum Gasteiger partial charge on any atom is 0.227 e. The van der Waals surface area contributed by atoms with Crippen LogP contribution in [-0.2, 0) is 9.59 Å². The number of para-hydroxylation sites is 4. The summed E-state index contributed by atoms with van der Waals surface area (Å²) in [5, 5.41) is 0. The Bertz CT molecular complexity index is 2200. The Morgan fingerprint density at radius 3 is 1.44 bits per heavy atom. The van der Waals surface area contributed by atoms with Crippen LogP contribution in [0.15, 0.2) is 78.9 Å². The number of ether oxygens (including phenoxy) is 6. The molecule has 0 aromatic heterocycles. The minimum absolute atomic E-state index is 0.0390. The molecule has 4 aromatic carbocycles. The number of amides is 2. The molecule has 2 saturated heterocycles. The molecule has 3 atom stereocenters. The molecule has 2 heterocycles. The molecule has 7 rings (SSSR count). The van der Waals surface area contributed by atoms with Gasteiger partial charge in [-0.05, 0) is 105 Å². The molecule has 2 fully saturated rings. The van der Waals surface area contributed by atoms with Crippen LogP contribution < -0.4 is 38.2 Å². The molecule has 2 aliphatic heterocycles. The summed E-state index contributed by atoms with van der Waals surface area (Å²) in [5.74, 6) is 3.00. The van der Waals surface area contributed by atoms with Gasteiger partial charge in [0.2, 0.25) is 11.8 Å². The van der Waals surface area contributed by atoms with E-state index in [4.69, 9.17) is 28.4 Å². The first-order valence-corrected chi connectivity index (χ1v) is 24.7. The number of carbonyl (C=O) groups is 2. The minimum Gasteiger partial charge on any atom is -0.492 e. The van der Waals surface area contributed by atoms with Gasteiger partial charge < -0.3 is 48.0 Å². The van der Waals surface area contributed by atoms with Gasteiger partial charge in [-0.25, -0.2) is 0 Å². The number of fused-ring (bicyclic) bond motifs is 1. The summed E-state index contributed by atoms with van der Waals surface area (Å²) in [6.07, 6.45) is 3.53. The van der Waals surface area contributed by atoms with E-state index in [1.165, 1.54) is 0 Å². The first-order chi connectivity index (χ1) is 32.3.